The molecule has 0 radical (unpaired) electrons. The van der Waals surface area contributed by atoms with E-state index in [0.717, 1.165) is 32.2 Å². The van der Waals surface area contributed by atoms with E-state index in [4.69, 9.17) is 10.5 Å². The zero-order chi connectivity index (χ0) is 12.8. The predicted molar refractivity (Wildman–Crippen MR) is 74.4 cm³/mol. The summed E-state index contributed by atoms with van der Waals surface area (Å²) in [5.41, 5.74) is 7.49. The highest BCUT2D eigenvalue weighted by atomic mass is 16.5. The number of methoxy groups -OCH3 is 1. The van der Waals surface area contributed by atoms with Crippen LogP contribution in [0, 0.1) is 5.92 Å². The van der Waals surface area contributed by atoms with Gasteiger partial charge in [-0.3, -0.25) is 0 Å². The first-order valence-electron chi connectivity index (χ1n) is 6.81. The molecule has 1 fully saturated rings. The SMILES string of the molecule is COCC1CCN(CC(N)c2ccccc2)CC1. The second kappa shape index (κ2) is 6.88. The standard InChI is InChI=1S/C15H24N2O/c1-18-12-13-7-9-17(10-8-13)11-15(16)14-5-3-2-4-6-14/h2-6,13,15H,7-12,16H2,1H3. The van der Waals surface area contributed by atoms with Crippen molar-refractivity contribution >= 4 is 0 Å². The van der Waals surface area contributed by atoms with Crippen LogP contribution in [0.2, 0.25) is 0 Å². The molecule has 0 bridgehead atoms. The summed E-state index contributed by atoms with van der Waals surface area (Å²) in [6, 6.07) is 10.5. The summed E-state index contributed by atoms with van der Waals surface area (Å²) in [4.78, 5) is 2.48. The van der Waals surface area contributed by atoms with Crippen molar-refractivity contribution in [2.24, 2.45) is 11.7 Å². The molecule has 1 unspecified atom stereocenters. The van der Waals surface area contributed by atoms with Gasteiger partial charge in [0.15, 0.2) is 0 Å². The van der Waals surface area contributed by atoms with E-state index in [9.17, 15) is 0 Å². The van der Waals surface area contributed by atoms with Gasteiger partial charge in [0.1, 0.15) is 0 Å². The van der Waals surface area contributed by atoms with Gasteiger partial charge >= 0.3 is 0 Å². The van der Waals surface area contributed by atoms with Gasteiger partial charge in [0.2, 0.25) is 0 Å². The van der Waals surface area contributed by atoms with Crippen molar-refractivity contribution in [2.75, 3.05) is 33.4 Å². The molecule has 1 aromatic carbocycles. The Labute approximate surface area is 110 Å². The van der Waals surface area contributed by atoms with E-state index in [1.165, 1.54) is 18.4 Å². The first-order valence-corrected chi connectivity index (χ1v) is 6.81. The molecule has 3 nitrogen and oxygen atoms in total. The van der Waals surface area contributed by atoms with Crippen molar-refractivity contribution < 1.29 is 4.74 Å². The highest BCUT2D eigenvalue weighted by Gasteiger charge is 2.20. The molecule has 0 spiro atoms. The molecule has 1 saturated heterocycles. The van der Waals surface area contributed by atoms with Gasteiger partial charge in [-0.05, 0) is 37.4 Å². The van der Waals surface area contributed by atoms with Crippen LogP contribution in [-0.2, 0) is 4.74 Å². The lowest BCUT2D eigenvalue weighted by atomic mass is 9.97. The van der Waals surface area contributed by atoms with Crippen molar-refractivity contribution in [1.29, 1.82) is 0 Å². The molecule has 1 heterocycles. The number of likely N-dealkylation sites (tertiary alicyclic amines) is 1. The Bertz CT molecular complexity index is 334. The van der Waals surface area contributed by atoms with Gasteiger partial charge in [-0.2, -0.15) is 0 Å². The summed E-state index contributed by atoms with van der Waals surface area (Å²) in [6.45, 7) is 4.16. The van der Waals surface area contributed by atoms with Crippen LogP contribution in [0.5, 0.6) is 0 Å². The average Bonchev–Trinajstić information content (AvgIpc) is 2.42. The van der Waals surface area contributed by atoms with Crippen molar-refractivity contribution in [2.45, 2.75) is 18.9 Å². The maximum Gasteiger partial charge on any atom is 0.0491 e. The first-order chi connectivity index (χ1) is 8.79. The predicted octanol–water partition coefficient (Wildman–Crippen LogP) is 2.04. The Kier molecular flexibility index (Phi) is 5.17. The van der Waals surface area contributed by atoms with Crippen LogP contribution in [-0.4, -0.2) is 38.3 Å². The number of nitrogens with zero attached hydrogens (tertiary/aromatic N) is 1. The van der Waals surface area contributed by atoms with Gasteiger partial charge in [-0.1, -0.05) is 30.3 Å². The van der Waals surface area contributed by atoms with E-state index in [1.807, 2.05) is 6.07 Å². The smallest absolute Gasteiger partial charge is 0.0491 e. The normalized spacial score (nSPS) is 19.9. The molecule has 1 aliphatic rings. The summed E-state index contributed by atoms with van der Waals surface area (Å²) < 4.78 is 5.22. The van der Waals surface area contributed by atoms with Gasteiger partial charge in [-0.15, -0.1) is 0 Å². The minimum absolute atomic E-state index is 0.130. The van der Waals surface area contributed by atoms with Gasteiger partial charge in [-0.25, -0.2) is 0 Å². The second-order valence-corrected chi connectivity index (χ2v) is 5.22. The van der Waals surface area contributed by atoms with Crippen molar-refractivity contribution in [3.8, 4) is 0 Å². The Morgan fingerprint density at radius 3 is 2.56 bits per heavy atom. The molecule has 1 aliphatic heterocycles. The van der Waals surface area contributed by atoms with E-state index in [2.05, 4.69) is 29.2 Å². The fourth-order valence-electron chi connectivity index (χ4n) is 2.66. The largest absolute Gasteiger partial charge is 0.384 e. The lowest BCUT2D eigenvalue weighted by Gasteiger charge is -2.33. The molecule has 1 atom stereocenters. The molecule has 100 valence electrons. The molecule has 3 heteroatoms. The van der Waals surface area contributed by atoms with Crippen LogP contribution in [0.1, 0.15) is 24.4 Å². The number of nitrogens with two attached hydrogens (primary N) is 1. The number of hydrogen-bond acceptors (Lipinski definition) is 3. The summed E-state index contributed by atoms with van der Waals surface area (Å²) in [5.74, 6) is 0.735. The molecule has 2 rings (SSSR count). The van der Waals surface area contributed by atoms with Gasteiger partial charge in [0, 0.05) is 26.3 Å². The number of piperidine rings is 1. The molecule has 0 saturated carbocycles. The van der Waals surface area contributed by atoms with Gasteiger partial charge in [0.05, 0.1) is 0 Å². The van der Waals surface area contributed by atoms with Crippen molar-refractivity contribution in [1.82, 2.24) is 4.90 Å². The Morgan fingerprint density at radius 2 is 1.94 bits per heavy atom. The Hall–Kier alpha value is -0.900. The van der Waals surface area contributed by atoms with Crippen LogP contribution in [0.4, 0.5) is 0 Å². The zero-order valence-corrected chi connectivity index (χ0v) is 11.2. The van der Waals surface area contributed by atoms with E-state index < -0.39 is 0 Å². The van der Waals surface area contributed by atoms with Gasteiger partial charge in [0.25, 0.3) is 0 Å². The highest BCUT2D eigenvalue weighted by molar-refractivity contribution is 5.18. The fourth-order valence-corrected chi connectivity index (χ4v) is 2.66. The van der Waals surface area contributed by atoms with Crippen molar-refractivity contribution in [3.05, 3.63) is 35.9 Å². The maximum atomic E-state index is 6.25. The van der Waals surface area contributed by atoms with E-state index >= 15 is 0 Å². The molecule has 1 aromatic rings. The molecular formula is C15H24N2O. The topological polar surface area (TPSA) is 38.5 Å². The average molecular weight is 248 g/mol. The van der Waals surface area contributed by atoms with E-state index in [-0.39, 0.29) is 6.04 Å². The third-order valence-electron chi connectivity index (χ3n) is 3.79. The van der Waals surface area contributed by atoms with E-state index in [0.29, 0.717) is 0 Å². The number of hydrogen-bond donors (Lipinski definition) is 1. The Balaban J connectivity index is 1.78. The van der Waals surface area contributed by atoms with Crippen molar-refractivity contribution in [3.63, 3.8) is 0 Å². The van der Waals surface area contributed by atoms with E-state index in [1.54, 1.807) is 7.11 Å². The lowest BCUT2D eigenvalue weighted by Crippen LogP contribution is -2.39. The number of ether oxygens (including phenoxy) is 1. The van der Waals surface area contributed by atoms with Crippen LogP contribution in [0.15, 0.2) is 30.3 Å². The molecular weight excluding hydrogens is 224 g/mol. The maximum absolute atomic E-state index is 6.25. The minimum Gasteiger partial charge on any atom is -0.384 e. The van der Waals surface area contributed by atoms with Crippen LogP contribution < -0.4 is 5.73 Å². The van der Waals surface area contributed by atoms with Crippen LogP contribution in [0.25, 0.3) is 0 Å². The molecule has 0 amide bonds. The number of benzene rings is 1. The molecule has 0 aliphatic carbocycles. The fraction of sp³-hybridized carbons (Fsp3) is 0.600. The lowest BCUT2D eigenvalue weighted by molar-refractivity contribution is 0.0971. The third kappa shape index (κ3) is 3.80. The summed E-state index contributed by atoms with van der Waals surface area (Å²) in [7, 11) is 1.79. The van der Waals surface area contributed by atoms with Gasteiger partial charge < -0.3 is 15.4 Å². The first kappa shape index (κ1) is 13.5. The third-order valence-corrected chi connectivity index (χ3v) is 3.79. The second-order valence-electron chi connectivity index (χ2n) is 5.22. The monoisotopic (exact) mass is 248 g/mol. The Morgan fingerprint density at radius 1 is 1.28 bits per heavy atom. The summed E-state index contributed by atoms with van der Waals surface area (Å²) >= 11 is 0. The molecule has 18 heavy (non-hydrogen) atoms. The summed E-state index contributed by atoms with van der Waals surface area (Å²) in [6.07, 6.45) is 2.46. The van der Waals surface area contributed by atoms with Crippen LogP contribution in [0.3, 0.4) is 0 Å². The zero-order valence-electron chi connectivity index (χ0n) is 11.2. The summed E-state index contributed by atoms with van der Waals surface area (Å²) in [5, 5.41) is 0. The quantitative estimate of drug-likeness (QED) is 0.866. The molecule has 0 aromatic heterocycles. The highest BCUT2D eigenvalue weighted by Crippen LogP contribution is 2.19. The molecule has 2 N–H and O–H groups in total. The minimum atomic E-state index is 0.130. The van der Waals surface area contributed by atoms with Crippen LogP contribution >= 0.6 is 0 Å². The number of rotatable bonds is 5.